The van der Waals surface area contributed by atoms with E-state index in [-0.39, 0.29) is 0 Å². The van der Waals surface area contributed by atoms with Crippen LogP contribution in [-0.4, -0.2) is 23.7 Å². The van der Waals surface area contributed by atoms with Gasteiger partial charge in [-0.25, -0.2) is 9.97 Å². The number of nitrogens with zero attached hydrogens (tertiary/aromatic N) is 5. The standard InChI is InChI=1S/C86H49N5O3/c1-7-19-73-59(13-1)62-36-27-54(51-30-40-82-68(43-51)65-16-4-10-22-79(65)92-82)46-76(62)89(73)57-33-25-50(26-34-57)85-71-49-58(90-74-20-8-2-14-60(74)63-37-28-55(47-77(63)90)52-31-41-83-69(44-52)66-17-5-11-23-80(66)93-83)35-39-72(71)87-86(88-85)91-75-21-9-3-15-61(75)64-38-29-56(48-78(64)91)53-32-42-84-70(45-53)67-18-6-12-24-81(67)94-84/h1-49H. The zero-order valence-corrected chi connectivity index (χ0v) is 50.3. The van der Waals surface area contributed by atoms with Gasteiger partial charge in [-0.3, -0.25) is 4.57 Å². The molecule has 0 radical (unpaired) electrons. The zero-order valence-electron chi connectivity index (χ0n) is 50.3. The van der Waals surface area contributed by atoms with Crippen LogP contribution in [0.4, 0.5) is 0 Å². The molecule has 8 nitrogen and oxygen atoms in total. The number of hydrogen-bond donors (Lipinski definition) is 0. The van der Waals surface area contributed by atoms with Crippen LogP contribution in [0.2, 0.25) is 0 Å². The molecule has 0 saturated carbocycles. The molecule has 0 spiro atoms. The molecule has 8 heteroatoms. The Morgan fingerprint density at radius 3 is 0.989 bits per heavy atom. The summed E-state index contributed by atoms with van der Waals surface area (Å²) >= 11 is 0. The van der Waals surface area contributed by atoms with Crippen molar-refractivity contribution in [3.05, 3.63) is 297 Å². The lowest BCUT2D eigenvalue weighted by atomic mass is 10.0. The Morgan fingerprint density at radius 2 is 0.532 bits per heavy atom. The second kappa shape index (κ2) is 19.4. The van der Waals surface area contributed by atoms with Crippen molar-refractivity contribution in [2.24, 2.45) is 0 Å². The van der Waals surface area contributed by atoms with E-state index in [2.05, 4.69) is 275 Å². The largest absolute Gasteiger partial charge is 0.456 e. The molecule has 14 aromatic carbocycles. The maximum atomic E-state index is 6.29. The van der Waals surface area contributed by atoms with Crippen LogP contribution in [0.25, 0.3) is 204 Å². The van der Waals surface area contributed by atoms with Gasteiger partial charge in [0.1, 0.15) is 33.5 Å². The van der Waals surface area contributed by atoms with E-state index in [1.54, 1.807) is 0 Å². The van der Waals surface area contributed by atoms with Crippen LogP contribution in [0.1, 0.15) is 0 Å². The van der Waals surface area contributed by atoms with Crippen LogP contribution in [0, 0.1) is 0 Å². The van der Waals surface area contributed by atoms with Crippen LogP contribution < -0.4 is 0 Å². The molecule has 94 heavy (non-hydrogen) atoms. The minimum atomic E-state index is 0.583. The lowest BCUT2D eigenvalue weighted by molar-refractivity contribution is 0.668. The smallest absolute Gasteiger partial charge is 0.235 e. The van der Waals surface area contributed by atoms with E-state index in [9.17, 15) is 0 Å². The first-order chi connectivity index (χ1) is 46.5. The Morgan fingerprint density at radius 1 is 0.202 bits per heavy atom. The Balaban J connectivity index is 0.762. The lowest BCUT2D eigenvalue weighted by Crippen LogP contribution is -2.04. The van der Waals surface area contributed by atoms with E-state index in [0.29, 0.717) is 5.95 Å². The number of fused-ring (bicyclic) bond motifs is 19. The van der Waals surface area contributed by atoms with Crippen LogP contribution >= 0.6 is 0 Å². The molecule has 7 aromatic heterocycles. The Hall–Kier alpha value is -12.8. The molecule has 21 aromatic rings. The third kappa shape index (κ3) is 7.50. The quantitative estimate of drug-likeness (QED) is 0.159. The van der Waals surface area contributed by atoms with Crippen molar-refractivity contribution in [3.8, 4) is 62.0 Å². The fourth-order valence-electron chi connectivity index (χ4n) is 15.3. The number of furan rings is 3. The van der Waals surface area contributed by atoms with Crippen molar-refractivity contribution >= 4 is 142 Å². The molecule has 0 aliphatic heterocycles. The predicted octanol–water partition coefficient (Wildman–Crippen LogP) is 23.3. The van der Waals surface area contributed by atoms with E-state index >= 15 is 0 Å². The summed E-state index contributed by atoms with van der Waals surface area (Å²) in [6.45, 7) is 0. The van der Waals surface area contributed by atoms with Crippen molar-refractivity contribution in [2.45, 2.75) is 0 Å². The molecule has 0 aliphatic carbocycles. The van der Waals surface area contributed by atoms with Crippen LogP contribution in [0.15, 0.2) is 311 Å². The average molecular weight is 1200 g/mol. The number of hydrogen-bond acceptors (Lipinski definition) is 5. The molecule has 0 unspecified atom stereocenters. The van der Waals surface area contributed by atoms with Gasteiger partial charge >= 0.3 is 0 Å². The van der Waals surface area contributed by atoms with Gasteiger partial charge in [-0.05, 0) is 155 Å². The molecular weight excluding hydrogens is 1150 g/mol. The first-order valence-corrected chi connectivity index (χ1v) is 31.8. The van der Waals surface area contributed by atoms with E-state index in [1.807, 2.05) is 36.4 Å². The van der Waals surface area contributed by atoms with Crippen molar-refractivity contribution < 1.29 is 13.3 Å². The van der Waals surface area contributed by atoms with Gasteiger partial charge in [0.05, 0.1) is 44.3 Å². The van der Waals surface area contributed by atoms with Gasteiger partial charge in [0, 0.05) is 87.0 Å². The Bertz CT molecular complexity index is 6810. The highest BCUT2D eigenvalue weighted by Crippen LogP contribution is 2.43. The monoisotopic (exact) mass is 1200 g/mol. The minimum Gasteiger partial charge on any atom is -0.456 e. The van der Waals surface area contributed by atoms with Crippen LogP contribution in [-0.2, 0) is 0 Å². The third-order valence-electron chi connectivity index (χ3n) is 19.7. The van der Waals surface area contributed by atoms with Crippen LogP contribution in [0.3, 0.4) is 0 Å². The first kappa shape index (κ1) is 51.0. The van der Waals surface area contributed by atoms with E-state index in [0.717, 1.165) is 177 Å². The molecule has 21 rings (SSSR count). The molecule has 0 N–H and O–H groups in total. The summed E-state index contributed by atoms with van der Waals surface area (Å²) < 4.78 is 25.9. The van der Waals surface area contributed by atoms with Gasteiger partial charge in [-0.15, -0.1) is 0 Å². The maximum absolute atomic E-state index is 6.29. The molecule has 0 bridgehead atoms. The van der Waals surface area contributed by atoms with Crippen LogP contribution in [0.5, 0.6) is 0 Å². The summed E-state index contributed by atoms with van der Waals surface area (Å²) in [6, 6.07) is 107. The molecule has 0 aliphatic rings. The molecule has 0 saturated heterocycles. The number of para-hydroxylation sites is 6. The maximum Gasteiger partial charge on any atom is 0.235 e. The molecule has 0 fully saturated rings. The summed E-state index contributed by atoms with van der Waals surface area (Å²) in [6.07, 6.45) is 0. The van der Waals surface area contributed by atoms with Crippen molar-refractivity contribution in [3.63, 3.8) is 0 Å². The van der Waals surface area contributed by atoms with Gasteiger partial charge in [0.2, 0.25) is 5.95 Å². The van der Waals surface area contributed by atoms with Gasteiger partial charge in [0.25, 0.3) is 0 Å². The molecule has 7 heterocycles. The predicted molar refractivity (Wildman–Crippen MR) is 386 cm³/mol. The van der Waals surface area contributed by atoms with E-state index in [4.69, 9.17) is 23.2 Å². The zero-order chi connectivity index (χ0) is 61.3. The summed E-state index contributed by atoms with van der Waals surface area (Å²) in [5.41, 5.74) is 23.1. The summed E-state index contributed by atoms with van der Waals surface area (Å²) in [7, 11) is 0. The molecule has 0 amide bonds. The Labute approximate surface area is 535 Å². The normalized spacial score (nSPS) is 12.3. The van der Waals surface area contributed by atoms with Crippen molar-refractivity contribution in [2.75, 3.05) is 0 Å². The number of benzene rings is 14. The highest BCUT2D eigenvalue weighted by molar-refractivity contribution is 6.15. The van der Waals surface area contributed by atoms with E-state index < -0.39 is 0 Å². The Kier molecular flexibility index (Phi) is 10.5. The van der Waals surface area contributed by atoms with E-state index in [1.165, 1.54) is 21.5 Å². The number of rotatable bonds is 7. The average Bonchev–Trinajstić information content (AvgIpc) is 1.53. The number of aromatic nitrogens is 5. The topological polar surface area (TPSA) is 80.0 Å². The van der Waals surface area contributed by atoms with Gasteiger partial charge < -0.3 is 22.4 Å². The molecule has 0 atom stereocenters. The second-order valence-electron chi connectivity index (χ2n) is 24.8. The third-order valence-corrected chi connectivity index (χ3v) is 19.7. The van der Waals surface area contributed by atoms with Gasteiger partial charge in [-0.2, -0.15) is 0 Å². The van der Waals surface area contributed by atoms with Crippen molar-refractivity contribution in [1.82, 2.24) is 23.7 Å². The fourth-order valence-corrected chi connectivity index (χ4v) is 15.3. The fraction of sp³-hybridized carbons (Fsp3) is 0. The van der Waals surface area contributed by atoms with Gasteiger partial charge in [-0.1, -0.05) is 176 Å². The highest BCUT2D eigenvalue weighted by atomic mass is 16.3. The second-order valence-corrected chi connectivity index (χ2v) is 24.8. The SMILES string of the molecule is c1ccc2c(c1)oc1ccc(-c3ccc4c5ccccc5n(-c5ccc(-c6nc(-n7c8ccccc8c8ccc(-c9ccc%10oc%11ccccc%11c%10c9)cc87)nc7ccc(-n8c9ccccc9c9ccc(-c%10ccc%11oc%12ccccc%12c%11c%10)cc98)cc67)cc5)c4c3)cc12. The lowest BCUT2D eigenvalue weighted by Gasteiger charge is -2.15. The van der Waals surface area contributed by atoms with Gasteiger partial charge in [0.15, 0.2) is 0 Å². The first-order valence-electron chi connectivity index (χ1n) is 31.8. The van der Waals surface area contributed by atoms with Crippen molar-refractivity contribution in [1.29, 1.82) is 0 Å². The summed E-state index contributed by atoms with van der Waals surface area (Å²) in [4.78, 5) is 11.4. The summed E-state index contributed by atoms with van der Waals surface area (Å²) in [5, 5.41) is 14.5. The highest BCUT2D eigenvalue weighted by Gasteiger charge is 2.23. The minimum absolute atomic E-state index is 0.583. The molecule has 436 valence electrons. The summed E-state index contributed by atoms with van der Waals surface area (Å²) in [5.74, 6) is 0.583. The molecular formula is C86H49N5O3.